The van der Waals surface area contributed by atoms with Crippen molar-refractivity contribution in [3.63, 3.8) is 0 Å². The summed E-state index contributed by atoms with van der Waals surface area (Å²) >= 11 is 0. The van der Waals surface area contributed by atoms with Crippen molar-refractivity contribution >= 4 is 11.9 Å². The second-order valence-electron chi connectivity index (χ2n) is 3.60. The van der Waals surface area contributed by atoms with Crippen molar-refractivity contribution in [1.29, 1.82) is 0 Å². The van der Waals surface area contributed by atoms with Crippen LogP contribution in [0.1, 0.15) is 12.5 Å². The average molecular weight is 175 g/mol. The Morgan fingerprint density at radius 3 is 2.85 bits per heavy atom. The molecule has 2 rings (SSSR count). The quantitative estimate of drug-likeness (QED) is 0.615. The van der Waals surface area contributed by atoms with Crippen LogP contribution in [0.4, 0.5) is 5.69 Å². The first kappa shape index (κ1) is 8.41. The van der Waals surface area contributed by atoms with Crippen LogP contribution in [-0.4, -0.2) is 12.3 Å². The molecule has 0 radical (unpaired) electrons. The van der Waals surface area contributed by atoms with Crippen molar-refractivity contribution in [3.8, 4) is 0 Å². The van der Waals surface area contributed by atoms with Crippen LogP contribution in [-0.2, 0) is 5.54 Å². The number of hydrogen-bond donors (Lipinski definition) is 2. The molecule has 0 aliphatic carbocycles. The van der Waals surface area contributed by atoms with Gasteiger partial charge in [-0.2, -0.15) is 0 Å². The Bertz CT molecular complexity index is 355. The van der Waals surface area contributed by atoms with Crippen molar-refractivity contribution in [2.75, 3.05) is 0 Å². The van der Waals surface area contributed by atoms with Crippen molar-refractivity contribution in [2.45, 2.75) is 18.5 Å². The summed E-state index contributed by atoms with van der Waals surface area (Å²) in [4.78, 5) is 4.24. The predicted octanol–water partition coefficient (Wildman–Crippen LogP) is 0.904. The number of para-hydroxylation sites is 1. The molecule has 1 aromatic rings. The molecule has 3 nitrogen and oxygen atoms in total. The van der Waals surface area contributed by atoms with Crippen LogP contribution in [0.2, 0.25) is 0 Å². The Labute approximate surface area is 77.5 Å². The van der Waals surface area contributed by atoms with Gasteiger partial charge in [-0.3, -0.25) is 4.99 Å². The van der Waals surface area contributed by atoms with Gasteiger partial charge in [-0.1, -0.05) is 18.2 Å². The van der Waals surface area contributed by atoms with Gasteiger partial charge in [0.15, 0.2) is 0 Å². The van der Waals surface area contributed by atoms with E-state index >= 15 is 0 Å². The molecule has 0 saturated heterocycles. The zero-order valence-electron chi connectivity index (χ0n) is 7.57. The molecule has 0 saturated carbocycles. The third-order valence-corrected chi connectivity index (χ3v) is 2.55. The summed E-state index contributed by atoms with van der Waals surface area (Å²) in [5, 5.41) is 0. The highest BCUT2D eigenvalue weighted by molar-refractivity contribution is 5.76. The summed E-state index contributed by atoms with van der Waals surface area (Å²) in [6.45, 7) is 1.93. The molecule has 1 aliphatic heterocycles. The first-order valence-electron chi connectivity index (χ1n) is 4.30. The minimum Gasteiger partial charge on any atom is -0.321 e. The largest absolute Gasteiger partial charge is 0.321 e. The number of fused-ring (bicyclic) bond motifs is 1. The van der Waals surface area contributed by atoms with Crippen LogP contribution in [0.5, 0.6) is 0 Å². The minimum absolute atomic E-state index is 0.206. The summed E-state index contributed by atoms with van der Waals surface area (Å²) in [7, 11) is 0. The number of aliphatic imine (C=N–C) groups is 1. The fraction of sp³-hybridized carbons (Fsp3) is 0.300. The lowest BCUT2D eigenvalue weighted by Crippen LogP contribution is -2.52. The molecule has 13 heavy (non-hydrogen) atoms. The molecule has 1 heterocycles. The molecule has 0 amide bonds. The van der Waals surface area contributed by atoms with E-state index in [9.17, 15) is 0 Å². The Morgan fingerprint density at radius 1 is 1.38 bits per heavy atom. The van der Waals surface area contributed by atoms with Crippen LogP contribution >= 0.6 is 0 Å². The third kappa shape index (κ3) is 1.17. The van der Waals surface area contributed by atoms with Gasteiger partial charge in [-0.15, -0.1) is 0 Å². The van der Waals surface area contributed by atoms with E-state index in [2.05, 4.69) is 4.99 Å². The highest BCUT2D eigenvalue weighted by atomic mass is 14.9. The molecule has 0 aromatic heterocycles. The first-order chi connectivity index (χ1) is 6.12. The Kier molecular flexibility index (Phi) is 1.71. The fourth-order valence-corrected chi connectivity index (χ4v) is 1.54. The zero-order valence-corrected chi connectivity index (χ0v) is 7.57. The van der Waals surface area contributed by atoms with E-state index in [1.807, 2.05) is 31.2 Å². The molecule has 68 valence electrons. The smallest absolute Gasteiger partial charge is 0.0677 e. The standard InChI is InChI=1S/C10H13N3/c1-10(12)7-4-2-3-5-8(7)13-6-9(10)11/h2-6,9H,11-12H2,1H3. The summed E-state index contributed by atoms with van der Waals surface area (Å²) < 4.78 is 0. The molecule has 1 aliphatic rings. The molecule has 2 atom stereocenters. The SMILES string of the molecule is CC1(N)c2ccccc2N=CC1N. The van der Waals surface area contributed by atoms with Gasteiger partial charge < -0.3 is 11.5 Å². The summed E-state index contributed by atoms with van der Waals surface area (Å²) in [5.41, 5.74) is 13.4. The topological polar surface area (TPSA) is 64.4 Å². The van der Waals surface area contributed by atoms with Gasteiger partial charge in [0.05, 0.1) is 17.3 Å². The molecular formula is C10H13N3. The van der Waals surface area contributed by atoms with Crippen molar-refractivity contribution in [1.82, 2.24) is 0 Å². The fourth-order valence-electron chi connectivity index (χ4n) is 1.54. The normalized spacial score (nSPS) is 31.5. The van der Waals surface area contributed by atoms with E-state index in [0.29, 0.717) is 0 Å². The van der Waals surface area contributed by atoms with E-state index in [1.165, 1.54) is 0 Å². The van der Waals surface area contributed by atoms with E-state index in [0.717, 1.165) is 11.3 Å². The van der Waals surface area contributed by atoms with E-state index in [1.54, 1.807) is 6.21 Å². The van der Waals surface area contributed by atoms with E-state index in [-0.39, 0.29) is 6.04 Å². The van der Waals surface area contributed by atoms with Gasteiger partial charge in [0.2, 0.25) is 0 Å². The molecule has 1 aromatic carbocycles. The van der Waals surface area contributed by atoms with Crippen molar-refractivity contribution < 1.29 is 0 Å². The monoisotopic (exact) mass is 175 g/mol. The van der Waals surface area contributed by atoms with Crippen LogP contribution < -0.4 is 11.5 Å². The number of nitrogens with zero attached hydrogens (tertiary/aromatic N) is 1. The van der Waals surface area contributed by atoms with Crippen LogP contribution in [0, 0.1) is 0 Å². The summed E-state index contributed by atoms with van der Waals surface area (Å²) in [6.07, 6.45) is 1.71. The molecule has 3 heteroatoms. The number of nitrogens with two attached hydrogens (primary N) is 2. The molecular weight excluding hydrogens is 162 g/mol. The number of rotatable bonds is 0. The van der Waals surface area contributed by atoms with Gasteiger partial charge in [0.25, 0.3) is 0 Å². The lowest BCUT2D eigenvalue weighted by molar-refractivity contribution is 0.458. The second-order valence-corrected chi connectivity index (χ2v) is 3.60. The summed E-state index contributed by atoms with van der Waals surface area (Å²) in [6, 6.07) is 7.62. The highest BCUT2D eigenvalue weighted by Gasteiger charge is 2.32. The minimum atomic E-state index is -0.502. The van der Waals surface area contributed by atoms with Crippen molar-refractivity contribution in [3.05, 3.63) is 29.8 Å². The highest BCUT2D eigenvalue weighted by Crippen LogP contribution is 2.32. The Morgan fingerprint density at radius 2 is 2.08 bits per heavy atom. The van der Waals surface area contributed by atoms with Crippen molar-refractivity contribution in [2.24, 2.45) is 16.5 Å². The Hall–Kier alpha value is -1.19. The lowest BCUT2D eigenvalue weighted by atomic mass is 9.84. The van der Waals surface area contributed by atoms with E-state index < -0.39 is 5.54 Å². The van der Waals surface area contributed by atoms with Gasteiger partial charge in [0.1, 0.15) is 0 Å². The molecule has 0 spiro atoms. The lowest BCUT2D eigenvalue weighted by Gasteiger charge is -2.33. The zero-order chi connectivity index (χ0) is 9.47. The maximum Gasteiger partial charge on any atom is 0.0677 e. The van der Waals surface area contributed by atoms with Crippen LogP contribution in [0.15, 0.2) is 29.3 Å². The maximum atomic E-state index is 6.12. The third-order valence-electron chi connectivity index (χ3n) is 2.55. The first-order valence-corrected chi connectivity index (χ1v) is 4.30. The molecule has 4 N–H and O–H groups in total. The maximum absolute atomic E-state index is 6.12. The number of hydrogen-bond acceptors (Lipinski definition) is 3. The predicted molar refractivity (Wildman–Crippen MR) is 54.1 cm³/mol. The van der Waals surface area contributed by atoms with Gasteiger partial charge >= 0.3 is 0 Å². The van der Waals surface area contributed by atoms with E-state index in [4.69, 9.17) is 11.5 Å². The van der Waals surface area contributed by atoms with Gasteiger partial charge in [0, 0.05) is 6.21 Å². The molecule has 0 bridgehead atoms. The molecule has 2 unspecified atom stereocenters. The average Bonchev–Trinajstić information content (AvgIpc) is 2.13. The summed E-state index contributed by atoms with van der Waals surface area (Å²) in [5.74, 6) is 0. The molecule has 0 fully saturated rings. The Balaban J connectivity index is 2.61. The van der Waals surface area contributed by atoms with Gasteiger partial charge in [-0.25, -0.2) is 0 Å². The second kappa shape index (κ2) is 2.65. The number of benzene rings is 1. The van der Waals surface area contributed by atoms with Crippen LogP contribution in [0.25, 0.3) is 0 Å². The van der Waals surface area contributed by atoms with Gasteiger partial charge in [-0.05, 0) is 18.6 Å². The van der Waals surface area contributed by atoms with Crippen LogP contribution in [0.3, 0.4) is 0 Å².